The predicted molar refractivity (Wildman–Crippen MR) is 86.2 cm³/mol. The summed E-state index contributed by atoms with van der Waals surface area (Å²) in [6.07, 6.45) is 1.76. The monoisotopic (exact) mass is 296 g/mol. The molecule has 0 spiro atoms. The van der Waals surface area contributed by atoms with Crippen LogP contribution in [0.1, 0.15) is 18.4 Å². The van der Waals surface area contributed by atoms with Gasteiger partial charge >= 0.3 is 0 Å². The summed E-state index contributed by atoms with van der Waals surface area (Å²) in [5.41, 5.74) is 6.39. The number of nitrogens with zero attached hydrogens (tertiary/aromatic N) is 1. The van der Waals surface area contributed by atoms with Crippen LogP contribution in [0, 0.1) is 5.92 Å². The first-order chi connectivity index (χ1) is 10.6. The van der Waals surface area contributed by atoms with Crippen molar-refractivity contribution >= 4 is 22.6 Å². The molecule has 0 aromatic heterocycles. The fourth-order valence-electron chi connectivity index (χ4n) is 3.13. The van der Waals surface area contributed by atoms with Crippen molar-refractivity contribution < 1.29 is 9.59 Å². The van der Waals surface area contributed by atoms with Crippen LogP contribution in [0.15, 0.2) is 42.5 Å². The number of rotatable bonds is 3. The third-order valence-electron chi connectivity index (χ3n) is 4.47. The van der Waals surface area contributed by atoms with E-state index < -0.39 is 0 Å². The number of piperidine rings is 1. The molecule has 0 unspecified atom stereocenters. The van der Waals surface area contributed by atoms with Crippen molar-refractivity contribution in [2.24, 2.45) is 11.7 Å². The number of carbonyl (C=O) groups excluding carboxylic acids is 2. The molecule has 4 heteroatoms. The normalized spacial score (nSPS) is 15.9. The highest BCUT2D eigenvalue weighted by Gasteiger charge is 2.25. The van der Waals surface area contributed by atoms with Crippen molar-refractivity contribution in [2.75, 3.05) is 13.1 Å². The van der Waals surface area contributed by atoms with Gasteiger partial charge in [0.1, 0.15) is 0 Å². The van der Waals surface area contributed by atoms with Gasteiger partial charge in [-0.25, -0.2) is 0 Å². The molecule has 0 atom stereocenters. The summed E-state index contributed by atoms with van der Waals surface area (Å²) < 4.78 is 0. The molecule has 1 saturated heterocycles. The van der Waals surface area contributed by atoms with Gasteiger partial charge < -0.3 is 10.6 Å². The van der Waals surface area contributed by atoms with Gasteiger partial charge in [0, 0.05) is 19.0 Å². The van der Waals surface area contributed by atoms with Crippen molar-refractivity contribution in [1.29, 1.82) is 0 Å². The first kappa shape index (κ1) is 14.6. The zero-order valence-corrected chi connectivity index (χ0v) is 12.5. The molecule has 1 fully saturated rings. The van der Waals surface area contributed by atoms with Crippen LogP contribution in [-0.2, 0) is 16.0 Å². The Balaban J connectivity index is 1.70. The standard InChI is InChI=1S/C18H20N2O2/c19-18(22)14-8-10-20(11-9-14)17(21)12-15-6-3-5-13-4-1-2-7-16(13)15/h1-7,14H,8-12H2,(H2,19,22). The molecule has 2 N–H and O–H groups in total. The zero-order valence-electron chi connectivity index (χ0n) is 12.5. The van der Waals surface area contributed by atoms with Crippen LogP contribution in [0.5, 0.6) is 0 Å². The molecule has 1 aliphatic heterocycles. The van der Waals surface area contributed by atoms with Gasteiger partial charge in [-0.15, -0.1) is 0 Å². The average Bonchev–Trinajstić information content (AvgIpc) is 2.55. The molecular formula is C18H20N2O2. The van der Waals surface area contributed by atoms with E-state index in [0.29, 0.717) is 32.4 Å². The third kappa shape index (κ3) is 2.96. The van der Waals surface area contributed by atoms with Crippen LogP contribution in [0.3, 0.4) is 0 Å². The molecule has 1 heterocycles. The first-order valence-corrected chi connectivity index (χ1v) is 7.69. The summed E-state index contributed by atoms with van der Waals surface area (Å²) in [5.74, 6) is -0.206. The molecule has 4 nitrogen and oxygen atoms in total. The molecule has 2 aromatic carbocycles. The Kier molecular flexibility index (Phi) is 4.09. The lowest BCUT2D eigenvalue weighted by molar-refractivity contribution is -0.134. The molecule has 0 bridgehead atoms. The number of fused-ring (bicyclic) bond motifs is 1. The van der Waals surface area contributed by atoms with Crippen LogP contribution in [0.2, 0.25) is 0 Å². The number of nitrogens with two attached hydrogens (primary N) is 1. The van der Waals surface area contributed by atoms with Crippen LogP contribution >= 0.6 is 0 Å². The molecule has 0 radical (unpaired) electrons. The lowest BCUT2D eigenvalue weighted by atomic mass is 9.95. The third-order valence-corrected chi connectivity index (χ3v) is 4.47. The van der Waals surface area contributed by atoms with E-state index in [1.807, 2.05) is 29.2 Å². The van der Waals surface area contributed by atoms with E-state index in [0.717, 1.165) is 16.3 Å². The zero-order chi connectivity index (χ0) is 15.5. The number of hydrogen-bond donors (Lipinski definition) is 1. The molecule has 2 aromatic rings. The van der Waals surface area contributed by atoms with Gasteiger partial charge in [0.25, 0.3) is 0 Å². The van der Waals surface area contributed by atoms with E-state index in [-0.39, 0.29) is 17.7 Å². The summed E-state index contributed by atoms with van der Waals surface area (Å²) in [6.45, 7) is 1.24. The van der Waals surface area contributed by atoms with E-state index in [9.17, 15) is 9.59 Å². The smallest absolute Gasteiger partial charge is 0.227 e. The van der Waals surface area contributed by atoms with Gasteiger partial charge in [0.2, 0.25) is 11.8 Å². The second kappa shape index (κ2) is 6.18. The lowest BCUT2D eigenvalue weighted by Crippen LogP contribution is -2.42. The largest absolute Gasteiger partial charge is 0.369 e. The van der Waals surface area contributed by atoms with Crippen LogP contribution in [0.25, 0.3) is 10.8 Å². The molecule has 22 heavy (non-hydrogen) atoms. The molecule has 0 saturated carbocycles. The van der Waals surface area contributed by atoms with E-state index in [2.05, 4.69) is 18.2 Å². The molecule has 1 aliphatic rings. The quantitative estimate of drug-likeness (QED) is 0.943. The predicted octanol–water partition coefficient (Wildman–Crippen LogP) is 2.11. The van der Waals surface area contributed by atoms with Gasteiger partial charge in [-0.2, -0.15) is 0 Å². The van der Waals surface area contributed by atoms with E-state index in [1.54, 1.807) is 0 Å². The Labute approximate surface area is 129 Å². The van der Waals surface area contributed by atoms with Crippen molar-refractivity contribution in [3.63, 3.8) is 0 Å². The first-order valence-electron chi connectivity index (χ1n) is 7.69. The SMILES string of the molecule is NC(=O)C1CCN(C(=O)Cc2cccc3ccccc23)CC1. The highest BCUT2D eigenvalue weighted by Crippen LogP contribution is 2.21. The fourth-order valence-corrected chi connectivity index (χ4v) is 3.13. The number of carbonyl (C=O) groups is 2. The number of amides is 2. The minimum absolute atomic E-state index is 0.0818. The number of likely N-dealkylation sites (tertiary alicyclic amines) is 1. The maximum atomic E-state index is 12.5. The van der Waals surface area contributed by atoms with Crippen molar-refractivity contribution in [1.82, 2.24) is 4.90 Å². The van der Waals surface area contributed by atoms with Gasteiger partial charge in [-0.05, 0) is 29.2 Å². The molecular weight excluding hydrogens is 276 g/mol. The minimum Gasteiger partial charge on any atom is -0.369 e. The van der Waals surface area contributed by atoms with Gasteiger partial charge in [-0.1, -0.05) is 42.5 Å². The summed E-state index contributed by atoms with van der Waals surface area (Å²) in [6, 6.07) is 14.2. The lowest BCUT2D eigenvalue weighted by Gasteiger charge is -2.30. The summed E-state index contributed by atoms with van der Waals surface area (Å²) in [4.78, 5) is 25.5. The molecule has 2 amide bonds. The maximum Gasteiger partial charge on any atom is 0.227 e. The Morgan fingerprint density at radius 2 is 1.73 bits per heavy atom. The minimum atomic E-state index is -0.249. The fraction of sp³-hybridized carbons (Fsp3) is 0.333. The maximum absolute atomic E-state index is 12.5. The highest BCUT2D eigenvalue weighted by molar-refractivity contribution is 5.90. The second-order valence-electron chi connectivity index (χ2n) is 5.87. The van der Waals surface area contributed by atoms with Crippen LogP contribution in [0.4, 0.5) is 0 Å². The van der Waals surface area contributed by atoms with Crippen LogP contribution < -0.4 is 5.73 Å². The molecule has 3 rings (SSSR count). The summed E-state index contributed by atoms with van der Waals surface area (Å²) >= 11 is 0. The Morgan fingerprint density at radius 1 is 1.05 bits per heavy atom. The molecule has 114 valence electrons. The Morgan fingerprint density at radius 3 is 2.45 bits per heavy atom. The van der Waals surface area contributed by atoms with E-state index >= 15 is 0 Å². The highest BCUT2D eigenvalue weighted by atomic mass is 16.2. The van der Waals surface area contributed by atoms with Gasteiger partial charge in [0.15, 0.2) is 0 Å². The van der Waals surface area contributed by atoms with Gasteiger partial charge in [-0.3, -0.25) is 9.59 Å². The number of primary amides is 1. The number of benzene rings is 2. The van der Waals surface area contributed by atoms with Crippen molar-refractivity contribution in [2.45, 2.75) is 19.3 Å². The second-order valence-corrected chi connectivity index (χ2v) is 5.87. The summed E-state index contributed by atoms with van der Waals surface area (Å²) in [5, 5.41) is 2.28. The van der Waals surface area contributed by atoms with E-state index in [4.69, 9.17) is 5.73 Å². The Hall–Kier alpha value is -2.36. The van der Waals surface area contributed by atoms with Crippen molar-refractivity contribution in [3.05, 3.63) is 48.0 Å². The van der Waals surface area contributed by atoms with Crippen LogP contribution in [-0.4, -0.2) is 29.8 Å². The average molecular weight is 296 g/mol. The topological polar surface area (TPSA) is 63.4 Å². The summed E-state index contributed by atoms with van der Waals surface area (Å²) in [7, 11) is 0. The Bertz CT molecular complexity index is 698. The number of hydrogen-bond acceptors (Lipinski definition) is 2. The van der Waals surface area contributed by atoms with E-state index in [1.165, 1.54) is 0 Å². The molecule has 0 aliphatic carbocycles. The van der Waals surface area contributed by atoms with Gasteiger partial charge in [0.05, 0.1) is 6.42 Å². The van der Waals surface area contributed by atoms with Crippen molar-refractivity contribution in [3.8, 4) is 0 Å².